The van der Waals surface area contributed by atoms with E-state index in [9.17, 15) is 9.18 Å². The second-order valence-corrected chi connectivity index (χ2v) is 5.63. The van der Waals surface area contributed by atoms with Crippen molar-refractivity contribution in [2.75, 3.05) is 6.54 Å². The fourth-order valence-electron chi connectivity index (χ4n) is 1.86. The molecule has 0 heterocycles. The molecule has 18 heavy (non-hydrogen) atoms. The molecule has 3 nitrogen and oxygen atoms in total. The molecule has 0 unspecified atom stereocenters. The molecule has 1 aromatic rings. The van der Waals surface area contributed by atoms with Crippen LogP contribution in [0.15, 0.2) is 22.7 Å². The molecular formula is C13H16BrFN2O. The molecule has 2 rings (SSSR count). The quantitative estimate of drug-likeness (QED) is 0.927. The zero-order chi connectivity index (χ0) is 13.3. The minimum atomic E-state index is -0.696. The lowest BCUT2D eigenvalue weighted by molar-refractivity contribution is -0.134. The van der Waals surface area contributed by atoms with Gasteiger partial charge in [-0.05, 0) is 38.0 Å². The maximum atomic E-state index is 13.7. The van der Waals surface area contributed by atoms with Crippen LogP contribution in [0, 0.1) is 5.82 Å². The molecule has 0 atom stereocenters. The van der Waals surface area contributed by atoms with Gasteiger partial charge in [0, 0.05) is 23.1 Å². The molecule has 0 bridgehead atoms. The highest BCUT2D eigenvalue weighted by atomic mass is 79.9. The first-order chi connectivity index (χ1) is 8.46. The summed E-state index contributed by atoms with van der Waals surface area (Å²) >= 11 is 3.30. The Hall–Kier alpha value is -0.940. The van der Waals surface area contributed by atoms with Crippen molar-refractivity contribution in [3.05, 3.63) is 34.1 Å². The average Bonchev–Trinajstić information content (AvgIpc) is 3.09. The van der Waals surface area contributed by atoms with Crippen LogP contribution in [0.3, 0.4) is 0 Å². The SMILES string of the molecule is CCN(Cc1cc(Br)ccc1F)C(=O)C1(N)CC1. The van der Waals surface area contributed by atoms with Crippen molar-refractivity contribution >= 4 is 21.8 Å². The predicted molar refractivity (Wildman–Crippen MR) is 71.3 cm³/mol. The van der Waals surface area contributed by atoms with E-state index in [0.29, 0.717) is 12.1 Å². The summed E-state index contributed by atoms with van der Waals surface area (Å²) in [6.45, 7) is 2.67. The van der Waals surface area contributed by atoms with E-state index in [1.807, 2.05) is 6.92 Å². The van der Waals surface area contributed by atoms with E-state index in [1.165, 1.54) is 6.07 Å². The van der Waals surface area contributed by atoms with Gasteiger partial charge in [0.05, 0.1) is 5.54 Å². The maximum Gasteiger partial charge on any atom is 0.242 e. The van der Waals surface area contributed by atoms with Crippen molar-refractivity contribution < 1.29 is 9.18 Å². The van der Waals surface area contributed by atoms with Crippen LogP contribution in [-0.2, 0) is 11.3 Å². The van der Waals surface area contributed by atoms with Gasteiger partial charge in [-0.25, -0.2) is 4.39 Å². The summed E-state index contributed by atoms with van der Waals surface area (Å²) in [5, 5.41) is 0. The molecule has 1 aromatic carbocycles. The van der Waals surface area contributed by atoms with Crippen molar-refractivity contribution in [3.8, 4) is 0 Å². The fourth-order valence-corrected chi connectivity index (χ4v) is 2.27. The molecule has 2 N–H and O–H groups in total. The summed E-state index contributed by atoms with van der Waals surface area (Å²) < 4.78 is 14.5. The number of halogens is 2. The lowest BCUT2D eigenvalue weighted by Gasteiger charge is -2.24. The minimum absolute atomic E-state index is 0.0793. The number of amides is 1. The smallest absolute Gasteiger partial charge is 0.242 e. The Balaban J connectivity index is 2.15. The zero-order valence-electron chi connectivity index (χ0n) is 10.2. The number of hydrogen-bond donors (Lipinski definition) is 1. The van der Waals surface area contributed by atoms with Gasteiger partial charge in [-0.1, -0.05) is 15.9 Å². The van der Waals surface area contributed by atoms with E-state index in [0.717, 1.165) is 17.3 Å². The van der Waals surface area contributed by atoms with Crippen molar-refractivity contribution in [2.24, 2.45) is 5.73 Å². The summed E-state index contributed by atoms with van der Waals surface area (Å²) in [5.74, 6) is -0.379. The Kier molecular flexibility index (Phi) is 3.73. The number of likely N-dealkylation sites (N-methyl/N-ethyl adjacent to an activating group) is 1. The van der Waals surface area contributed by atoms with E-state index in [1.54, 1.807) is 17.0 Å². The van der Waals surface area contributed by atoms with Crippen molar-refractivity contribution in [3.63, 3.8) is 0 Å². The highest BCUT2D eigenvalue weighted by Crippen LogP contribution is 2.34. The third-order valence-electron chi connectivity index (χ3n) is 3.25. The van der Waals surface area contributed by atoms with Crippen LogP contribution in [0.4, 0.5) is 4.39 Å². The molecule has 1 aliphatic rings. The van der Waals surface area contributed by atoms with Gasteiger partial charge in [-0.15, -0.1) is 0 Å². The van der Waals surface area contributed by atoms with Gasteiger partial charge in [0.15, 0.2) is 0 Å². The van der Waals surface area contributed by atoms with E-state index in [4.69, 9.17) is 5.73 Å². The number of carbonyl (C=O) groups excluding carboxylic acids is 1. The van der Waals surface area contributed by atoms with Gasteiger partial charge in [0.1, 0.15) is 5.82 Å². The van der Waals surface area contributed by atoms with Gasteiger partial charge in [0.2, 0.25) is 5.91 Å². The maximum absolute atomic E-state index is 13.7. The Morgan fingerprint density at radius 2 is 2.22 bits per heavy atom. The molecule has 98 valence electrons. The Morgan fingerprint density at radius 1 is 1.56 bits per heavy atom. The van der Waals surface area contributed by atoms with Gasteiger partial charge in [-0.3, -0.25) is 4.79 Å². The molecule has 0 spiro atoms. The van der Waals surface area contributed by atoms with Crippen molar-refractivity contribution in [1.82, 2.24) is 4.90 Å². The van der Waals surface area contributed by atoms with Gasteiger partial charge >= 0.3 is 0 Å². The lowest BCUT2D eigenvalue weighted by atomic mass is 10.1. The number of nitrogens with zero attached hydrogens (tertiary/aromatic N) is 1. The standard InChI is InChI=1S/C13H16BrFN2O/c1-2-17(12(18)13(16)5-6-13)8-9-7-10(14)3-4-11(9)15/h3-4,7H,2,5-6,8,16H2,1H3. The predicted octanol–water partition coefficient (Wildman–Crippen LogP) is 2.43. The Labute approximate surface area is 114 Å². The molecule has 1 amide bonds. The van der Waals surface area contributed by atoms with Crippen LogP contribution < -0.4 is 5.73 Å². The van der Waals surface area contributed by atoms with Crippen molar-refractivity contribution in [1.29, 1.82) is 0 Å². The molecule has 5 heteroatoms. The zero-order valence-corrected chi connectivity index (χ0v) is 11.8. The van der Waals surface area contributed by atoms with Gasteiger partial charge < -0.3 is 10.6 Å². The van der Waals surface area contributed by atoms with Crippen LogP contribution in [0.2, 0.25) is 0 Å². The molecule has 0 aromatic heterocycles. The normalized spacial score (nSPS) is 16.4. The van der Waals surface area contributed by atoms with E-state index in [2.05, 4.69) is 15.9 Å². The molecule has 1 saturated carbocycles. The second kappa shape index (κ2) is 4.97. The first-order valence-electron chi connectivity index (χ1n) is 5.98. The first-order valence-corrected chi connectivity index (χ1v) is 6.78. The molecular weight excluding hydrogens is 299 g/mol. The summed E-state index contributed by atoms with van der Waals surface area (Å²) in [6, 6.07) is 4.73. The van der Waals surface area contributed by atoms with E-state index >= 15 is 0 Å². The van der Waals surface area contributed by atoms with Crippen LogP contribution in [0.5, 0.6) is 0 Å². The summed E-state index contributed by atoms with van der Waals surface area (Å²) in [5.41, 5.74) is 5.70. The monoisotopic (exact) mass is 314 g/mol. The van der Waals surface area contributed by atoms with Crippen LogP contribution in [0.1, 0.15) is 25.3 Å². The third-order valence-corrected chi connectivity index (χ3v) is 3.75. The molecule has 1 aliphatic carbocycles. The van der Waals surface area contributed by atoms with Gasteiger partial charge in [-0.2, -0.15) is 0 Å². The molecule has 0 saturated heterocycles. The molecule has 0 aliphatic heterocycles. The van der Waals surface area contributed by atoms with Crippen LogP contribution in [0.25, 0.3) is 0 Å². The fraction of sp³-hybridized carbons (Fsp3) is 0.462. The summed E-state index contributed by atoms with van der Waals surface area (Å²) in [7, 11) is 0. The Bertz CT molecular complexity index is 474. The number of nitrogens with two attached hydrogens (primary N) is 1. The van der Waals surface area contributed by atoms with Crippen LogP contribution >= 0.6 is 15.9 Å². The van der Waals surface area contributed by atoms with Crippen molar-refractivity contribution in [2.45, 2.75) is 31.8 Å². The first kappa shape index (κ1) is 13.5. The highest BCUT2D eigenvalue weighted by Gasteiger charge is 2.47. The topological polar surface area (TPSA) is 46.3 Å². The van der Waals surface area contributed by atoms with E-state index in [-0.39, 0.29) is 18.3 Å². The third kappa shape index (κ3) is 2.72. The van der Waals surface area contributed by atoms with Crippen LogP contribution in [-0.4, -0.2) is 22.9 Å². The second-order valence-electron chi connectivity index (χ2n) is 4.71. The highest BCUT2D eigenvalue weighted by molar-refractivity contribution is 9.10. The number of benzene rings is 1. The summed E-state index contributed by atoms with van der Waals surface area (Å²) in [6.07, 6.45) is 1.45. The molecule has 1 fully saturated rings. The van der Waals surface area contributed by atoms with Gasteiger partial charge in [0.25, 0.3) is 0 Å². The number of carbonyl (C=O) groups is 1. The summed E-state index contributed by atoms with van der Waals surface area (Å²) in [4.78, 5) is 13.7. The largest absolute Gasteiger partial charge is 0.337 e. The molecule has 0 radical (unpaired) electrons. The van der Waals surface area contributed by atoms with E-state index < -0.39 is 5.54 Å². The number of hydrogen-bond acceptors (Lipinski definition) is 2. The lowest BCUT2D eigenvalue weighted by Crippen LogP contribution is -2.45. The number of rotatable bonds is 4. The average molecular weight is 315 g/mol. The minimum Gasteiger partial charge on any atom is -0.337 e. The Morgan fingerprint density at radius 3 is 2.78 bits per heavy atom.